The maximum Gasteiger partial charge on any atom is 0.349 e. The Morgan fingerprint density at radius 2 is 1.85 bits per heavy atom. The molecule has 0 saturated carbocycles. The summed E-state index contributed by atoms with van der Waals surface area (Å²) < 4.78 is 18.8. The third-order valence-corrected chi connectivity index (χ3v) is 5.14. The van der Waals surface area contributed by atoms with Gasteiger partial charge >= 0.3 is 11.0 Å². The maximum atomic E-state index is 13.8. The number of benzene rings is 1. The highest BCUT2D eigenvalue weighted by Gasteiger charge is 2.24. The number of anilines is 1. The molecular formula is C17H16FN3O5S. The van der Waals surface area contributed by atoms with Crippen molar-refractivity contribution in [1.29, 1.82) is 0 Å². The topological polar surface area (TPSA) is 93.0 Å². The number of hydrogen-bond donors (Lipinski definition) is 0. The van der Waals surface area contributed by atoms with Gasteiger partial charge in [0.2, 0.25) is 0 Å². The molecule has 1 fully saturated rings. The van der Waals surface area contributed by atoms with Crippen molar-refractivity contribution in [2.24, 2.45) is 0 Å². The van der Waals surface area contributed by atoms with Gasteiger partial charge in [-0.05, 0) is 18.2 Å². The minimum atomic E-state index is -0.772. The molecule has 0 aliphatic carbocycles. The summed E-state index contributed by atoms with van der Waals surface area (Å²) in [4.78, 5) is 37.6. The van der Waals surface area contributed by atoms with Crippen LogP contribution < -0.4 is 4.90 Å². The van der Waals surface area contributed by atoms with Crippen LogP contribution in [-0.4, -0.2) is 54.5 Å². The minimum Gasteiger partial charge on any atom is -0.451 e. The van der Waals surface area contributed by atoms with Crippen molar-refractivity contribution >= 4 is 33.9 Å². The van der Waals surface area contributed by atoms with Crippen LogP contribution in [0.3, 0.4) is 0 Å². The Labute approximate surface area is 157 Å². The average molecular weight is 393 g/mol. The maximum absolute atomic E-state index is 13.8. The summed E-state index contributed by atoms with van der Waals surface area (Å²) in [5, 5.41) is 10.5. The number of nitro groups is 1. The van der Waals surface area contributed by atoms with Gasteiger partial charge < -0.3 is 14.5 Å². The van der Waals surface area contributed by atoms with E-state index in [0.29, 0.717) is 43.2 Å². The number of esters is 1. The summed E-state index contributed by atoms with van der Waals surface area (Å²) in [6.45, 7) is 1.27. The van der Waals surface area contributed by atoms with Gasteiger partial charge in [-0.15, -0.1) is 0 Å². The number of hydrogen-bond acceptors (Lipinski definition) is 7. The predicted molar refractivity (Wildman–Crippen MR) is 96.4 cm³/mol. The highest BCUT2D eigenvalue weighted by molar-refractivity contribution is 7.17. The first-order valence-electron chi connectivity index (χ1n) is 8.14. The summed E-state index contributed by atoms with van der Waals surface area (Å²) in [5.41, 5.74) is 0.496. The van der Waals surface area contributed by atoms with Gasteiger partial charge in [-0.25, -0.2) is 9.18 Å². The molecule has 1 amide bonds. The highest BCUT2D eigenvalue weighted by atomic mass is 32.1. The lowest BCUT2D eigenvalue weighted by atomic mass is 10.2. The van der Waals surface area contributed by atoms with Gasteiger partial charge in [-0.1, -0.05) is 23.5 Å². The molecule has 0 atom stereocenters. The molecule has 3 rings (SSSR count). The van der Waals surface area contributed by atoms with E-state index in [2.05, 4.69) is 0 Å². The van der Waals surface area contributed by atoms with Crippen LogP contribution in [-0.2, 0) is 9.53 Å². The molecule has 2 heterocycles. The Morgan fingerprint density at radius 1 is 1.15 bits per heavy atom. The third-order valence-electron chi connectivity index (χ3n) is 4.13. The standard InChI is InChI=1S/C17H16FN3O5S/c18-12-3-1-2-4-13(12)19-7-9-20(10-8-19)15(22)11-26-17(23)14-5-6-16(27-14)21(24)25/h1-6H,7-11H2. The largest absolute Gasteiger partial charge is 0.451 e. The van der Waals surface area contributed by atoms with Gasteiger partial charge in [0.25, 0.3) is 5.91 Å². The molecule has 0 unspecified atom stereocenters. The molecule has 142 valence electrons. The fourth-order valence-electron chi connectivity index (χ4n) is 2.73. The van der Waals surface area contributed by atoms with Crippen molar-refractivity contribution in [2.75, 3.05) is 37.7 Å². The van der Waals surface area contributed by atoms with Crippen LogP contribution in [0.5, 0.6) is 0 Å². The van der Waals surface area contributed by atoms with E-state index in [1.54, 1.807) is 23.1 Å². The van der Waals surface area contributed by atoms with Crippen LogP contribution in [0.15, 0.2) is 36.4 Å². The summed E-state index contributed by atoms with van der Waals surface area (Å²) in [6.07, 6.45) is 0. The lowest BCUT2D eigenvalue weighted by Gasteiger charge is -2.36. The number of nitrogens with zero attached hydrogens (tertiary/aromatic N) is 3. The molecule has 0 N–H and O–H groups in total. The number of thiophene rings is 1. The number of ether oxygens (including phenoxy) is 1. The Balaban J connectivity index is 1.49. The second kappa shape index (κ2) is 8.12. The predicted octanol–water partition coefficient (Wildman–Crippen LogP) is 2.30. The summed E-state index contributed by atoms with van der Waals surface area (Å²) >= 11 is 0.695. The van der Waals surface area contributed by atoms with Crippen molar-refractivity contribution in [3.05, 3.63) is 57.2 Å². The Bertz CT molecular complexity index is 864. The van der Waals surface area contributed by atoms with E-state index in [-0.39, 0.29) is 21.6 Å². The van der Waals surface area contributed by atoms with Crippen LogP contribution in [0.1, 0.15) is 9.67 Å². The highest BCUT2D eigenvalue weighted by Crippen LogP contribution is 2.24. The molecule has 1 aromatic carbocycles. The first kappa shape index (κ1) is 18.8. The van der Waals surface area contributed by atoms with Crippen molar-refractivity contribution in [1.82, 2.24) is 4.90 Å². The number of piperazine rings is 1. The fraction of sp³-hybridized carbons (Fsp3) is 0.294. The van der Waals surface area contributed by atoms with E-state index in [4.69, 9.17) is 4.74 Å². The second-order valence-electron chi connectivity index (χ2n) is 5.79. The molecule has 1 aliphatic rings. The SMILES string of the molecule is O=C(OCC(=O)N1CCN(c2ccccc2F)CC1)c1ccc([N+](=O)[O-])s1. The molecule has 2 aromatic rings. The zero-order valence-electron chi connectivity index (χ0n) is 14.2. The molecule has 27 heavy (non-hydrogen) atoms. The number of carbonyl (C=O) groups is 2. The van der Waals surface area contributed by atoms with Crippen LogP contribution in [0.4, 0.5) is 15.1 Å². The molecule has 1 saturated heterocycles. The number of carbonyl (C=O) groups excluding carboxylic acids is 2. The average Bonchev–Trinajstić information content (AvgIpc) is 3.17. The van der Waals surface area contributed by atoms with Crippen molar-refractivity contribution in [2.45, 2.75) is 0 Å². The quantitative estimate of drug-likeness (QED) is 0.440. The van der Waals surface area contributed by atoms with E-state index in [1.807, 2.05) is 4.90 Å². The molecule has 0 bridgehead atoms. The number of para-hydroxylation sites is 1. The molecule has 1 aromatic heterocycles. The van der Waals surface area contributed by atoms with Gasteiger partial charge in [-0.2, -0.15) is 0 Å². The van der Waals surface area contributed by atoms with E-state index in [1.165, 1.54) is 18.2 Å². The van der Waals surface area contributed by atoms with E-state index in [0.717, 1.165) is 0 Å². The molecule has 0 radical (unpaired) electrons. The monoisotopic (exact) mass is 393 g/mol. The minimum absolute atomic E-state index is 0.0684. The first-order valence-corrected chi connectivity index (χ1v) is 8.96. The van der Waals surface area contributed by atoms with E-state index < -0.39 is 17.5 Å². The summed E-state index contributed by atoms with van der Waals surface area (Å²) in [6, 6.07) is 8.96. The zero-order valence-corrected chi connectivity index (χ0v) is 15.0. The van der Waals surface area contributed by atoms with Crippen LogP contribution in [0.25, 0.3) is 0 Å². The molecule has 0 spiro atoms. The lowest BCUT2D eigenvalue weighted by molar-refractivity contribution is -0.380. The van der Waals surface area contributed by atoms with Gasteiger partial charge in [0.15, 0.2) is 6.61 Å². The number of rotatable bonds is 5. The van der Waals surface area contributed by atoms with Gasteiger partial charge in [0, 0.05) is 32.2 Å². The van der Waals surface area contributed by atoms with Crippen LogP contribution in [0, 0.1) is 15.9 Å². The summed E-state index contributed by atoms with van der Waals surface area (Å²) in [7, 11) is 0. The van der Waals surface area contributed by atoms with Gasteiger partial charge in [-0.3, -0.25) is 14.9 Å². The molecule has 10 heteroatoms. The van der Waals surface area contributed by atoms with Crippen molar-refractivity contribution < 1.29 is 23.6 Å². The Hall–Kier alpha value is -3.01. The molecule has 1 aliphatic heterocycles. The normalized spacial score (nSPS) is 14.1. The molecule has 8 nitrogen and oxygen atoms in total. The van der Waals surface area contributed by atoms with Gasteiger partial charge in [0.1, 0.15) is 10.7 Å². The molecular weight excluding hydrogens is 377 g/mol. The lowest BCUT2D eigenvalue weighted by Crippen LogP contribution is -2.50. The van der Waals surface area contributed by atoms with E-state index in [9.17, 15) is 24.1 Å². The first-order chi connectivity index (χ1) is 13.0. The van der Waals surface area contributed by atoms with Crippen molar-refractivity contribution in [3.63, 3.8) is 0 Å². The fourth-order valence-corrected chi connectivity index (χ4v) is 3.44. The number of halogens is 1. The zero-order chi connectivity index (χ0) is 19.4. The third kappa shape index (κ3) is 4.40. The van der Waals surface area contributed by atoms with E-state index >= 15 is 0 Å². The number of amides is 1. The smallest absolute Gasteiger partial charge is 0.349 e. The van der Waals surface area contributed by atoms with Crippen LogP contribution in [0.2, 0.25) is 0 Å². The van der Waals surface area contributed by atoms with Crippen molar-refractivity contribution in [3.8, 4) is 0 Å². The second-order valence-corrected chi connectivity index (χ2v) is 6.85. The van der Waals surface area contributed by atoms with Crippen LogP contribution >= 0.6 is 11.3 Å². The Kier molecular flexibility index (Phi) is 5.65. The van der Waals surface area contributed by atoms with Gasteiger partial charge in [0.05, 0.1) is 10.6 Å². The Morgan fingerprint density at radius 3 is 2.48 bits per heavy atom. The summed E-state index contributed by atoms with van der Waals surface area (Å²) in [5.74, 6) is -1.44.